The van der Waals surface area contributed by atoms with Crippen molar-refractivity contribution >= 4 is 17.2 Å². The minimum Gasteiger partial charge on any atom is -0.396 e. The average molecular weight is 280 g/mol. The summed E-state index contributed by atoms with van der Waals surface area (Å²) in [5.41, 5.74) is 0.309. The van der Waals surface area contributed by atoms with Crippen LogP contribution in [-0.2, 0) is 0 Å². The monoisotopic (exact) mass is 280 g/mol. The number of hydrogen-bond donors (Lipinski definition) is 1. The topological polar surface area (TPSA) is 66.6 Å². The molecule has 0 fully saturated rings. The Hall–Kier alpha value is -1.66. The van der Waals surface area contributed by atoms with E-state index in [1.54, 1.807) is 11.0 Å². The molecular formula is C13H16N2O3S. The van der Waals surface area contributed by atoms with E-state index in [2.05, 4.69) is 5.16 Å². The lowest BCUT2D eigenvalue weighted by molar-refractivity contribution is 0.0744. The molecule has 0 spiro atoms. The quantitative estimate of drug-likeness (QED) is 0.881. The molecular weight excluding hydrogens is 264 g/mol. The molecule has 0 aliphatic heterocycles. The molecule has 6 heteroatoms. The van der Waals surface area contributed by atoms with E-state index < -0.39 is 0 Å². The first-order valence-corrected chi connectivity index (χ1v) is 7.05. The van der Waals surface area contributed by atoms with Gasteiger partial charge in [-0.05, 0) is 24.8 Å². The second-order valence-corrected chi connectivity index (χ2v) is 4.96. The zero-order valence-corrected chi connectivity index (χ0v) is 11.5. The molecule has 1 N–H and O–H groups in total. The average Bonchev–Trinajstić information content (AvgIpc) is 3.10. The number of thiophene rings is 1. The van der Waals surface area contributed by atoms with Crippen molar-refractivity contribution in [3.63, 3.8) is 0 Å². The Balaban J connectivity index is 2.11. The van der Waals surface area contributed by atoms with Gasteiger partial charge >= 0.3 is 0 Å². The molecule has 19 heavy (non-hydrogen) atoms. The highest BCUT2D eigenvalue weighted by atomic mass is 32.1. The van der Waals surface area contributed by atoms with E-state index >= 15 is 0 Å². The van der Waals surface area contributed by atoms with Crippen LogP contribution in [0.3, 0.4) is 0 Å². The Morgan fingerprint density at radius 2 is 2.42 bits per heavy atom. The molecule has 5 nitrogen and oxygen atoms in total. The number of hydrogen-bond acceptors (Lipinski definition) is 5. The van der Waals surface area contributed by atoms with Gasteiger partial charge in [0.05, 0.1) is 4.88 Å². The number of rotatable bonds is 6. The Morgan fingerprint density at radius 1 is 1.58 bits per heavy atom. The maximum absolute atomic E-state index is 12.2. The third-order valence-corrected chi connectivity index (χ3v) is 3.63. The van der Waals surface area contributed by atoms with Gasteiger partial charge in [-0.3, -0.25) is 4.79 Å². The molecule has 2 heterocycles. The molecule has 1 amide bonds. The molecule has 2 aromatic rings. The Labute approximate surface area is 115 Å². The van der Waals surface area contributed by atoms with Gasteiger partial charge in [0.2, 0.25) is 0 Å². The largest absolute Gasteiger partial charge is 0.396 e. The van der Waals surface area contributed by atoms with Crippen LogP contribution < -0.4 is 0 Å². The van der Waals surface area contributed by atoms with Crippen LogP contribution in [0, 0.1) is 0 Å². The molecule has 2 rings (SSSR count). The van der Waals surface area contributed by atoms with E-state index in [0.29, 0.717) is 31.0 Å². The van der Waals surface area contributed by atoms with E-state index in [-0.39, 0.29) is 12.5 Å². The fraction of sp³-hybridized carbons (Fsp3) is 0.385. The molecule has 0 unspecified atom stereocenters. The summed E-state index contributed by atoms with van der Waals surface area (Å²) in [7, 11) is 0. The number of amides is 1. The number of carbonyl (C=O) groups is 1. The van der Waals surface area contributed by atoms with E-state index in [1.807, 2.05) is 24.4 Å². The third-order valence-electron chi connectivity index (χ3n) is 2.75. The fourth-order valence-corrected chi connectivity index (χ4v) is 2.41. The molecule has 2 aromatic heterocycles. The molecule has 0 saturated carbocycles. The van der Waals surface area contributed by atoms with Crippen LogP contribution in [0.15, 0.2) is 28.1 Å². The first-order chi connectivity index (χ1) is 9.26. The molecule has 0 saturated heterocycles. The summed E-state index contributed by atoms with van der Waals surface area (Å²) in [6, 6.07) is 5.50. The second-order valence-electron chi connectivity index (χ2n) is 4.02. The summed E-state index contributed by atoms with van der Waals surface area (Å²) in [6.45, 7) is 3.08. The van der Waals surface area contributed by atoms with Crippen molar-refractivity contribution in [2.45, 2.75) is 13.3 Å². The van der Waals surface area contributed by atoms with Gasteiger partial charge in [0.1, 0.15) is 0 Å². The second kappa shape index (κ2) is 6.49. The summed E-state index contributed by atoms with van der Waals surface area (Å²) in [5, 5.41) is 14.6. The standard InChI is InChI=1S/C13H16N2O3S/c1-2-15(6-4-7-16)13(17)10-9-11(18-14-10)12-5-3-8-19-12/h3,5,8-9,16H,2,4,6-7H2,1H3. The van der Waals surface area contributed by atoms with Gasteiger partial charge in [0, 0.05) is 25.8 Å². The summed E-state index contributed by atoms with van der Waals surface area (Å²) in [4.78, 5) is 14.8. The summed E-state index contributed by atoms with van der Waals surface area (Å²) in [6.07, 6.45) is 0.565. The van der Waals surface area contributed by atoms with Gasteiger partial charge in [0.15, 0.2) is 11.5 Å². The Bertz CT molecular complexity index is 522. The van der Waals surface area contributed by atoms with Crippen molar-refractivity contribution in [2.75, 3.05) is 19.7 Å². The summed E-state index contributed by atoms with van der Waals surface area (Å²) in [5.74, 6) is 0.444. The minimum atomic E-state index is -0.164. The van der Waals surface area contributed by atoms with Crippen molar-refractivity contribution in [1.29, 1.82) is 0 Å². The molecule has 0 radical (unpaired) electrons. The van der Waals surface area contributed by atoms with Gasteiger partial charge in [-0.25, -0.2) is 0 Å². The minimum absolute atomic E-state index is 0.0725. The van der Waals surface area contributed by atoms with Crippen molar-refractivity contribution < 1.29 is 14.4 Å². The maximum Gasteiger partial charge on any atom is 0.276 e. The van der Waals surface area contributed by atoms with Crippen LogP contribution in [0.5, 0.6) is 0 Å². The number of carbonyl (C=O) groups excluding carboxylic acids is 1. The molecule has 0 aliphatic rings. The number of nitrogens with zero attached hydrogens (tertiary/aromatic N) is 2. The zero-order chi connectivity index (χ0) is 13.7. The lowest BCUT2D eigenvalue weighted by atomic mass is 10.3. The summed E-state index contributed by atoms with van der Waals surface area (Å²) >= 11 is 1.54. The zero-order valence-electron chi connectivity index (χ0n) is 10.7. The van der Waals surface area contributed by atoms with Gasteiger partial charge in [-0.15, -0.1) is 11.3 Å². The Kier molecular flexibility index (Phi) is 4.70. The van der Waals surface area contributed by atoms with Crippen molar-refractivity contribution in [3.05, 3.63) is 29.3 Å². The van der Waals surface area contributed by atoms with Crippen LogP contribution in [0.25, 0.3) is 10.6 Å². The van der Waals surface area contributed by atoms with Crippen LogP contribution in [-0.4, -0.2) is 40.8 Å². The van der Waals surface area contributed by atoms with Crippen molar-refractivity contribution in [1.82, 2.24) is 10.1 Å². The van der Waals surface area contributed by atoms with Gasteiger partial charge in [0.25, 0.3) is 5.91 Å². The van der Waals surface area contributed by atoms with E-state index in [4.69, 9.17) is 9.63 Å². The van der Waals surface area contributed by atoms with Gasteiger partial charge < -0.3 is 14.5 Å². The highest BCUT2D eigenvalue weighted by Crippen LogP contribution is 2.25. The molecule has 0 aliphatic carbocycles. The highest BCUT2D eigenvalue weighted by molar-refractivity contribution is 7.13. The van der Waals surface area contributed by atoms with Crippen molar-refractivity contribution in [2.24, 2.45) is 0 Å². The smallest absolute Gasteiger partial charge is 0.276 e. The number of aliphatic hydroxyl groups is 1. The lowest BCUT2D eigenvalue weighted by Gasteiger charge is -2.18. The predicted octanol–water partition coefficient (Wildman–Crippen LogP) is 2.25. The van der Waals surface area contributed by atoms with Crippen LogP contribution in [0.2, 0.25) is 0 Å². The normalized spacial score (nSPS) is 10.6. The van der Waals surface area contributed by atoms with E-state index in [1.165, 1.54) is 11.3 Å². The van der Waals surface area contributed by atoms with E-state index in [0.717, 1.165) is 4.88 Å². The molecule has 0 bridgehead atoms. The summed E-state index contributed by atoms with van der Waals surface area (Å²) < 4.78 is 5.19. The van der Waals surface area contributed by atoms with Crippen LogP contribution in [0.4, 0.5) is 0 Å². The Morgan fingerprint density at radius 3 is 3.05 bits per heavy atom. The fourth-order valence-electron chi connectivity index (χ4n) is 1.74. The SMILES string of the molecule is CCN(CCCO)C(=O)c1cc(-c2cccs2)on1. The predicted molar refractivity (Wildman–Crippen MR) is 73.1 cm³/mol. The first kappa shape index (κ1) is 13.8. The molecule has 0 atom stereocenters. The maximum atomic E-state index is 12.2. The van der Waals surface area contributed by atoms with Crippen LogP contribution in [0.1, 0.15) is 23.8 Å². The molecule has 102 valence electrons. The van der Waals surface area contributed by atoms with Crippen LogP contribution >= 0.6 is 11.3 Å². The first-order valence-electron chi connectivity index (χ1n) is 6.17. The number of aliphatic hydroxyl groups excluding tert-OH is 1. The highest BCUT2D eigenvalue weighted by Gasteiger charge is 2.19. The third kappa shape index (κ3) is 3.21. The van der Waals surface area contributed by atoms with E-state index in [9.17, 15) is 4.79 Å². The van der Waals surface area contributed by atoms with Crippen molar-refractivity contribution in [3.8, 4) is 10.6 Å². The molecule has 0 aromatic carbocycles. The lowest BCUT2D eigenvalue weighted by Crippen LogP contribution is -2.32. The van der Waals surface area contributed by atoms with Gasteiger partial charge in [-0.1, -0.05) is 11.2 Å². The van der Waals surface area contributed by atoms with Gasteiger partial charge in [-0.2, -0.15) is 0 Å². The number of aromatic nitrogens is 1.